The molecule has 6 heteroatoms. The number of hydrogen-bond acceptors (Lipinski definition) is 2. The highest BCUT2D eigenvalue weighted by Crippen LogP contribution is 2.46. The second-order valence-electron chi connectivity index (χ2n) is 4.40. The van der Waals surface area contributed by atoms with Crippen molar-refractivity contribution in [1.82, 2.24) is 4.90 Å². The first kappa shape index (κ1) is 14.6. The molecule has 0 aliphatic heterocycles. The molecule has 0 saturated carbocycles. The first-order valence-corrected chi connectivity index (χ1v) is 6.72. The van der Waals surface area contributed by atoms with Gasteiger partial charge in [0.25, 0.3) is 0 Å². The van der Waals surface area contributed by atoms with Gasteiger partial charge in [-0.3, -0.25) is 0 Å². The average Bonchev–Trinajstić information content (AvgIpc) is 2.81. The third kappa shape index (κ3) is 3.19. The molecule has 2 nitrogen and oxygen atoms in total. The summed E-state index contributed by atoms with van der Waals surface area (Å²) in [6.45, 7) is 0. The maximum absolute atomic E-state index is 13.1. The Balaban J connectivity index is 2.58. The minimum absolute atomic E-state index is 0.140. The molecule has 0 unspecified atom stereocenters. The highest BCUT2D eigenvalue weighted by molar-refractivity contribution is 7.11. The van der Waals surface area contributed by atoms with Crippen LogP contribution >= 0.6 is 11.3 Å². The first-order chi connectivity index (χ1) is 9.39. The maximum atomic E-state index is 13.1. The molecule has 0 atom stereocenters. The lowest BCUT2D eigenvalue weighted by Crippen LogP contribution is -2.07. The largest absolute Gasteiger partial charge is 0.426 e. The average molecular weight is 298 g/mol. The van der Waals surface area contributed by atoms with Crippen molar-refractivity contribution in [3.05, 3.63) is 40.6 Å². The predicted octanol–water partition coefficient (Wildman–Crippen LogP) is 4.66. The summed E-state index contributed by atoms with van der Waals surface area (Å²) in [4.78, 5) is 5.19. The molecule has 106 valence electrons. The molecule has 0 amide bonds. The minimum atomic E-state index is -4.37. The Labute approximate surface area is 119 Å². The Morgan fingerprint density at radius 1 is 1.15 bits per heavy atom. The fourth-order valence-electron chi connectivity index (χ4n) is 1.71. The molecule has 1 aromatic carbocycles. The van der Waals surface area contributed by atoms with E-state index in [1.807, 2.05) is 0 Å². The number of halogens is 3. The van der Waals surface area contributed by atoms with E-state index in [-0.39, 0.29) is 5.56 Å². The summed E-state index contributed by atoms with van der Waals surface area (Å²) in [5, 5.41) is 1.44. The van der Waals surface area contributed by atoms with Gasteiger partial charge in [0.2, 0.25) is 0 Å². The highest BCUT2D eigenvalue weighted by Gasteiger charge is 2.36. The molecule has 20 heavy (non-hydrogen) atoms. The van der Waals surface area contributed by atoms with Gasteiger partial charge >= 0.3 is 6.18 Å². The highest BCUT2D eigenvalue weighted by atomic mass is 32.1. The van der Waals surface area contributed by atoms with E-state index >= 15 is 0 Å². The van der Waals surface area contributed by atoms with Gasteiger partial charge in [0.05, 0.1) is 12.0 Å². The lowest BCUT2D eigenvalue weighted by Gasteiger charge is -2.09. The lowest BCUT2D eigenvalue weighted by molar-refractivity contribution is -0.133. The summed E-state index contributed by atoms with van der Waals surface area (Å²) < 4.78 is 39.3. The molecule has 1 aromatic heterocycles. The molecule has 0 bridgehead atoms. The molecule has 0 N–H and O–H groups in total. The van der Waals surface area contributed by atoms with Crippen LogP contribution in [-0.2, 0) is 6.18 Å². The lowest BCUT2D eigenvalue weighted by atomic mass is 10.1. The Morgan fingerprint density at radius 2 is 1.80 bits per heavy atom. The van der Waals surface area contributed by atoms with Crippen LogP contribution in [0.4, 0.5) is 18.9 Å². The van der Waals surface area contributed by atoms with Gasteiger partial charge in [0, 0.05) is 25.0 Å². The SMILES string of the molecule is CN(C)C=Nc1csc(C(F)(F)F)c1-c1ccccc1. The van der Waals surface area contributed by atoms with Gasteiger partial charge in [0.15, 0.2) is 0 Å². The van der Waals surface area contributed by atoms with E-state index in [2.05, 4.69) is 4.99 Å². The molecule has 0 fully saturated rings. The second-order valence-corrected chi connectivity index (χ2v) is 5.28. The van der Waals surface area contributed by atoms with Crippen molar-refractivity contribution in [2.24, 2.45) is 4.99 Å². The van der Waals surface area contributed by atoms with Crippen LogP contribution in [-0.4, -0.2) is 25.3 Å². The molecule has 0 aliphatic carbocycles. The van der Waals surface area contributed by atoms with Crippen LogP contribution in [0.5, 0.6) is 0 Å². The summed E-state index contributed by atoms with van der Waals surface area (Å²) in [7, 11) is 3.53. The van der Waals surface area contributed by atoms with Gasteiger partial charge in [-0.05, 0) is 5.56 Å². The third-order valence-corrected chi connectivity index (χ3v) is 3.53. The second kappa shape index (κ2) is 5.66. The number of aliphatic imine (C=N–C) groups is 1. The van der Waals surface area contributed by atoms with E-state index in [9.17, 15) is 13.2 Å². The number of nitrogens with zero attached hydrogens (tertiary/aromatic N) is 2. The summed E-state index contributed by atoms with van der Waals surface area (Å²) in [6.07, 6.45) is -2.88. The van der Waals surface area contributed by atoms with Crippen LogP contribution in [0, 0.1) is 0 Å². The monoisotopic (exact) mass is 298 g/mol. The molecular weight excluding hydrogens is 285 g/mol. The van der Waals surface area contributed by atoms with Crippen LogP contribution < -0.4 is 0 Å². The van der Waals surface area contributed by atoms with E-state index in [1.54, 1.807) is 49.3 Å². The molecule has 2 rings (SSSR count). The van der Waals surface area contributed by atoms with E-state index in [1.165, 1.54) is 11.7 Å². The van der Waals surface area contributed by atoms with E-state index in [0.717, 1.165) is 0 Å². The van der Waals surface area contributed by atoms with Crippen LogP contribution in [0.1, 0.15) is 4.88 Å². The molecule has 1 heterocycles. The summed E-state index contributed by atoms with van der Waals surface area (Å²) >= 11 is 0.672. The van der Waals surface area contributed by atoms with Crippen molar-refractivity contribution < 1.29 is 13.2 Å². The number of thiophene rings is 1. The Morgan fingerprint density at radius 3 is 2.35 bits per heavy atom. The van der Waals surface area contributed by atoms with Crippen molar-refractivity contribution in [3.63, 3.8) is 0 Å². The quantitative estimate of drug-likeness (QED) is 0.594. The van der Waals surface area contributed by atoms with Crippen molar-refractivity contribution in [2.45, 2.75) is 6.18 Å². The van der Waals surface area contributed by atoms with Crippen molar-refractivity contribution in [1.29, 1.82) is 0 Å². The van der Waals surface area contributed by atoms with Gasteiger partial charge in [-0.25, -0.2) is 4.99 Å². The van der Waals surface area contributed by atoms with Gasteiger partial charge in [0.1, 0.15) is 4.88 Å². The molecular formula is C14H13F3N2S. The summed E-state index contributed by atoms with van der Waals surface area (Å²) in [6, 6.07) is 8.52. The van der Waals surface area contributed by atoms with E-state index < -0.39 is 11.1 Å². The minimum Gasteiger partial charge on any atom is -0.369 e. The zero-order chi connectivity index (χ0) is 14.8. The van der Waals surface area contributed by atoms with Gasteiger partial charge in [-0.15, -0.1) is 11.3 Å². The molecule has 2 aromatic rings. The zero-order valence-corrected chi connectivity index (χ0v) is 11.8. The van der Waals surface area contributed by atoms with Crippen molar-refractivity contribution in [3.8, 4) is 11.1 Å². The smallest absolute Gasteiger partial charge is 0.369 e. The van der Waals surface area contributed by atoms with Gasteiger partial charge in [-0.1, -0.05) is 30.3 Å². The molecule has 0 radical (unpaired) electrons. The van der Waals surface area contributed by atoms with Gasteiger partial charge in [-0.2, -0.15) is 13.2 Å². The number of rotatable bonds is 3. The normalized spacial score (nSPS) is 12.1. The first-order valence-electron chi connectivity index (χ1n) is 5.84. The molecule has 0 spiro atoms. The Kier molecular flexibility index (Phi) is 4.13. The van der Waals surface area contributed by atoms with Crippen LogP contribution in [0.25, 0.3) is 11.1 Å². The van der Waals surface area contributed by atoms with Crippen molar-refractivity contribution in [2.75, 3.05) is 14.1 Å². The van der Waals surface area contributed by atoms with Crippen LogP contribution in [0.15, 0.2) is 40.7 Å². The summed E-state index contributed by atoms with van der Waals surface area (Å²) in [5.41, 5.74) is 0.996. The van der Waals surface area contributed by atoms with E-state index in [4.69, 9.17) is 0 Å². The zero-order valence-electron chi connectivity index (χ0n) is 11.0. The molecule has 0 saturated heterocycles. The van der Waals surface area contributed by atoms with Gasteiger partial charge < -0.3 is 4.90 Å². The maximum Gasteiger partial charge on any atom is 0.426 e. The fraction of sp³-hybridized carbons (Fsp3) is 0.214. The third-order valence-electron chi connectivity index (χ3n) is 2.52. The van der Waals surface area contributed by atoms with Crippen LogP contribution in [0.2, 0.25) is 0 Å². The summed E-state index contributed by atoms with van der Waals surface area (Å²) in [5.74, 6) is 0. The Hall–Kier alpha value is -1.82. The van der Waals surface area contributed by atoms with Crippen molar-refractivity contribution >= 4 is 23.4 Å². The molecule has 0 aliphatic rings. The number of alkyl halides is 3. The number of hydrogen-bond donors (Lipinski definition) is 0. The fourth-order valence-corrected chi connectivity index (χ4v) is 2.60. The number of benzene rings is 1. The van der Waals surface area contributed by atoms with E-state index in [0.29, 0.717) is 22.6 Å². The van der Waals surface area contributed by atoms with Crippen LogP contribution in [0.3, 0.4) is 0 Å². The topological polar surface area (TPSA) is 15.6 Å². The predicted molar refractivity (Wildman–Crippen MR) is 76.6 cm³/mol. The standard InChI is InChI=1S/C14H13F3N2S/c1-19(2)9-18-11-8-20-13(14(15,16)17)12(11)10-6-4-3-5-7-10/h3-9H,1-2H3. The Bertz CT molecular complexity index is 601.